The Kier molecular flexibility index (Phi) is 4.35. The number of aromatic nitrogens is 3. The number of aryl methyl sites for hydroxylation is 1. The van der Waals surface area contributed by atoms with Gasteiger partial charge in [-0.2, -0.15) is 0 Å². The molecule has 2 rings (SSSR count). The van der Waals surface area contributed by atoms with Crippen molar-refractivity contribution >= 4 is 23.3 Å². The van der Waals surface area contributed by atoms with Gasteiger partial charge in [-0.1, -0.05) is 16.8 Å². The summed E-state index contributed by atoms with van der Waals surface area (Å²) in [6, 6.07) is 4.62. The topological polar surface area (TPSA) is 80.0 Å². The number of hydrogen-bond donors (Lipinski definition) is 2. The molecule has 2 N–H and O–H groups in total. The van der Waals surface area contributed by atoms with E-state index in [2.05, 4.69) is 15.6 Å². The van der Waals surface area contributed by atoms with Crippen molar-refractivity contribution in [2.24, 2.45) is 0 Å². The van der Waals surface area contributed by atoms with Crippen molar-refractivity contribution in [3.05, 3.63) is 41.2 Å². The van der Waals surface area contributed by atoms with E-state index in [0.717, 1.165) is 18.7 Å². The van der Waals surface area contributed by atoms with Gasteiger partial charge < -0.3 is 10.4 Å². The van der Waals surface area contributed by atoms with E-state index in [9.17, 15) is 4.79 Å². The minimum atomic E-state index is -0.986. The highest BCUT2D eigenvalue weighted by Crippen LogP contribution is 2.22. The predicted octanol–water partition coefficient (Wildman–Crippen LogP) is 2.13. The number of carboxylic acids is 1. The van der Waals surface area contributed by atoms with Gasteiger partial charge in [-0.05, 0) is 24.6 Å². The van der Waals surface area contributed by atoms with Gasteiger partial charge in [0.2, 0.25) is 0 Å². The van der Waals surface area contributed by atoms with Crippen LogP contribution in [0.25, 0.3) is 0 Å². The van der Waals surface area contributed by atoms with Crippen LogP contribution < -0.4 is 5.32 Å². The van der Waals surface area contributed by atoms with E-state index in [0.29, 0.717) is 11.6 Å². The standard InChI is InChI=1S/C12H13ClN4O2/c13-10-8-9(12(18)19)2-3-11(10)14-4-1-6-17-7-5-15-16-17/h2-3,5,7-8,14H,1,4,6H2,(H,18,19). The van der Waals surface area contributed by atoms with E-state index in [1.54, 1.807) is 23.1 Å². The molecular formula is C12H13ClN4O2. The van der Waals surface area contributed by atoms with Gasteiger partial charge >= 0.3 is 5.97 Å². The van der Waals surface area contributed by atoms with E-state index >= 15 is 0 Å². The van der Waals surface area contributed by atoms with Crippen molar-refractivity contribution in [3.63, 3.8) is 0 Å². The van der Waals surface area contributed by atoms with Crippen molar-refractivity contribution in [2.45, 2.75) is 13.0 Å². The summed E-state index contributed by atoms with van der Waals surface area (Å²) < 4.78 is 1.75. The van der Waals surface area contributed by atoms with Crippen molar-refractivity contribution in [1.82, 2.24) is 15.0 Å². The monoisotopic (exact) mass is 280 g/mol. The molecule has 2 aromatic rings. The van der Waals surface area contributed by atoms with E-state index in [-0.39, 0.29) is 5.56 Å². The van der Waals surface area contributed by atoms with Crippen molar-refractivity contribution in [1.29, 1.82) is 0 Å². The number of carbonyl (C=O) groups is 1. The molecule has 7 heteroatoms. The number of nitrogens with zero attached hydrogens (tertiary/aromatic N) is 3. The van der Waals surface area contributed by atoms with Crippen LogP contribution in [0.1, 0.15) is 16.8 Å². The SMILES string of the molecule is O=C(O)c1ccc(NCCCn2ccnn2)c(Cl)c1. The average Bonchev–Trinajstić information content (AvgIpc) is 2.89. The third-order valence-electron chi connectivity index (χ3n) is 2.57. The Bertz CT molecular complexity index is 557. The molecule has 0 spiro atoms. The fourth-order valence-corrected chi connectivity index (χ4v) is 1.85. The molecule has 0 radical (unpaired) electrons. The van der Waals surface area contributed by atoms with Crippen LogP contribution in [0, 0.1) is 0 Å². The molecule has 0 aliphatic rings. The quantitative estimate of drug-likeness (QED) is 0.793. The van der Waals surface area contributed by atoms with Gasteiger partial charge in [0, 0.05) is 19.3 Å². The number of nitrogens with one attached hydrogen (secondary N) is 1. The maximum Gasteiger partial charge on any atom is 0.335 e. The van der Waals surface area contributed by atoms with Gasteiger partial charge in [0.25, 0.3) is 0 Å². The van der Waals surface area contributed by atoms with Crippen LogP contribution in [-0.4, -0.2) is 32.6 Å². The van der Waals surface area contributed by atoms with E-state index in [1.807, 2.05) is 0 Å². The molecule has 1 heterocycles. The fraction of sp³-hybridized carbons (Fsp3) is 0.250. The molecule has 0 aliphatic heterocycles. The number of halogens is 1. The van der Waals surface area contributed by atoms with Gasteiger partial charge in [0.05, 0.1) is 22.5 Å². The Morgan fingerprint density at radius 2 is 2.32 bits per heavy atom. The van der Waals surface area contributed by atoms with E-state index in [4.69, 9.17) is 16.7 Å². The molecule has 100 valence electrons. The first kappa shape index (κ1) is 13.4. The van der Waals surface area contributed by atoms with E-state index in [1.165, 1.54) is 12.1 Å². The summed E-state index contributed by atoms with van der Waals surface area (Å²) in [6.45, 7) is 1.48. The second-order valence-corrected chi connectivity index (χ2v) is 4.35. The molecule has 0 saturated heterocycles. The van der Waals surface area contributed by atoms with Crippen molar-refractivity contribution < 1.29 is 9.90 Å². The Balaban J connectivity index is 1.84. The Labute approximate surface area is 115 Å². The largest absolute Gasteiger partial charge is 0.478 e. The highest BCUT2D eigenvalue weighted by molar-refractivity contribution is 6.33. The second-order valence-electron chi connectivity index (χ2n) is 3.95. The molecule has 0 atom stereocenters. The number of hydrogen-bond acceptors (Lipinski definition) is 4. The molecule has 1 aromatic heterocycles. The number of aromatic carboxylic acids is 1. The number of carboxylic acid groups (broad SMARTS) is 1. The van der Waals surface area contributed by atoms with Crippen LogP contribution >= 0.6 is 11.6 Å². The third kappa shape index (κ3) is 3.69. The van der Waals surface area contributed by atoms with Gasteiger partial charge in [-0.3, -0.25) is 4.68 Å². The minimum absolute atomic E-state index is 0.179. The van der Waals surface area contributed by atoms with Gasteiger partial charge in [0.15, 0.2) is 0 Å². The lowest BCUT2D eigenvalue weighted by atomic mass is 10.2. The molecule has 0 amide bonds. The van der Waals surface area contributed by atoms with Crippen LogP contribution in [0.2, 0.25) is 5.02 Å². The van der Waals surface area contributed by atoms with Gasteiger partial charge in [-0.15, -0.1) is 5.10 Å². The average molecular weight is 281 g/mol. The molecule has 0 bridgehead atoms. The maximum atomic E-state index is 10.8. The number of benzene rings is 1. The van der Waals surface area contributed by atoms with Crippen LogP contribution in [-0.2, 0) is 6.54 Å². The minimum Gasteiger partial charge on any atom is -0.478 e. The van der Waals surface area contributed by atoms with Crippen LogP contribution in [0.4, 0.5) is 5.69 Å². The number of anilines is 1. The van der Waals surface area contributed by atoms with Crippen LogP contribution in [0.15, 0.2) is 30.6 Å². The summed E-state index contributed by atoms with van der Waals surface area (Å²) in [7, 11) is 0. The molecule has 1 aromatic carbocycles. The number of rotatable bonds is 6. The first-order chi connectivity index (χ1) is 9.16. The van der Waals surface area contributed by atoms with Crippen molar-refractivity contribution in [2.75, 3.05) is 11.9 Å². The van der Waals surface area contributed by atoms with Gasteiger partial charge in [0.1, 0.15) is 0 Å². The zero-order valence-corrected chi connectivity index (χ0v) is 10.8. The highest BCUT2D eigenvalue weighted by Gasteiger charge is 2.06. The molecule has 0 unspecified atom stereocenters. The summed E-state index contributed by atoms with van der Waals surface area (Å²) in [5.41, 5.74) is 0.906. The summed E-state index contributed by atoms with van der Waals surface area (Å²) in [5.74, 6) is -0.986. The Morgan fingerprint density at radius 3 is 2.95 bits per heavy atom. The third-order valence-corrected chi connectivity index (χ3v) is 2.88. The summed E-state index contributed by atoms with van der Waals surface area (Å²) in [4.78, 5) is 10.8. The van der Waals surface area contributed by atoms with Crippen molar-refractivity contribution in [3.8, 4) is 0 Å². The first-order valence-electron chi connectivity index (χ1n) is 5.77. The second kappa shape index (κ2) is 6.19. The smallest absolute Gasteiger partial charge is 0.335 e. The van der Waals surface area contributed by atoms with Gasteiger partial charge in [-0.25, -0.2) is 4.79 Å². The molecule has 0 saturated carbocycles. The lowest BCUT2D eigenvalue weighted by molar-refractivity contribution is 0.0697. The first-order valence-corrected chi connectivity index (χ1v) is 6.15. The zero-order valence-electron chi connectivity index (χ0n) is 10.1. The molecule has 0 aliphatic carbocycles. The maximum absolute atomic E-state index is 10.8. The predicted molar refractivity (Wildman–Crippen MR) is 71.5 cm³/mol. The Hall–Kier alpha value is -2.08. The molecule has 6 nitrogen and oxygen atoms in total. The lowest BCUT2D eigenvalue weighted by Crippen LogP contribution is -2.08. The fourth-order valence-electron chi connectivity index (χ4n) is 1.61. The molecule has 19 heavy (non-hydrogen) atoms. The highest BCUT2D eigenvalue weighted by atomic mass is 35.5. The Morgan fingerprint density at radius 1 is 1.47 bits per heavy atom. The van der Waals surface area contributed by atoms with Crippen LogP contribution in [0.3, 0.4) is 0 Å². The lowest BCUT2D eigenvalue weighted by Gasteiger charge is -2.08. The molecular weight excluding hydrogens is 268 g/mol. The van der Waals surface area contributed by atoms with Crippen LogP contribution in [0.5, 0.6) is 0 Å². The summed E-state index contributed by atoms with van der Waals surface area (Å²) >= 11 is 6.00. The normalized spacial score (nSPS) is 10.4. The zero-order chi connectivity index (χ0) is 13.7. The summed E-state index contributed by atoms with van der Waals surface area (Å²) in [5, 5.41) is 20.0. The molecule has 0 fully saturated rings. The summed E-state index contributed by atoms with van der Waals surface area (Å²) in [6.07, 6.45) is 4.30. The van der Waals surface area contributed by atoms with E-state index < -0.39 is 5.97 Å².